The van der Waals surface area contributed by atoms with Gasteiger partial charge in [-0.1, -0.05) is 17.7 Å². The maximum atomic E-state index is 12.6. The number of carbonyl (C=O) groups is 1. The molecule has 2 aromatic carbocycles. The molecule has 0 spiro atoms. The molecule has 146 valence electrons. The number of likely N-dealkylation sites (N-methyl/N-ethyl adjacent to an activating group) is 1. The summed E-state index contributed by atoms with van der Waals surface area (Å²) in [5.41, 5.74) is 1.26. The Kier molecular flexibility index (Phi) is 6.73. The van der Waals surface area contributed by atoms with E-state index in [0.29, 0.717) is 24.5 Å². The Morgan fingerprint density at radius 1 is 1.07 bits per heavy atom. The Hall–Kier alpha value is -2.25. The van der Waals surface area contributed by atoms with Gasteiger partial charge in [0.25, 0.3) is 5.91 Å². The number of hydrogen-bond acceptors (Lipinski definition) is 5. The minimum atomic E-state index is -3.51. The molecule has 0 radical (unpaired) electrons. The Morgan fingerprint density at radius 3 is 2.33 bits per heavy atom. The molecule has 0 saturated heterocycles. The maximum absolute atomic E-state index is 12.6. The molecule has 27 heavy (non-hydrogen) atoms. The van der Waals surface area contributed by atoms with Crippen LogP contribution in [-0.2, 0) is 16.3 Å². The Labute approximate surface area is 164 Å². The van der Waals surface area contributed by atoms with Crippen molar-refractivity contribution >= 4 is 27.3 Å². The second kappa shape index (κ2) is 8.63. The van der Waals surface area contributed by atoms with Crippen LogP contribution >= 0.6 is 11.6 Å². The van der Waals surface area contributed by atoms with Crippen LogP contribution in [0.25, 0.3) is 0 Å². The van der Waals surface area contributed by atoms with E-state index in [1.807, 2.05) is 18.2 Å². The zero-order valence-corrected chi connectivity index (χ0v) is 17.2. The molecule has 0 N–H and O–H groups in total. The van der Waals surface area contributed by atoms with Crippen LogP contribution in [0, 0.1) is 0 Å². The Bertz CT molecular complexity index is 943. The van der Waals surface area contributed by atoms with Gasteiger partial charge in [-0.15, -0.1) is 0 Å². The van der Waals surface area contributed by atoms with E-state index in [4.69, 9.17) is 21.1 Å². The normalized spacial score (nSPS) is 11.1. The number of carbonyl (C=O) groups excluding carboxylic acids is 1. The second-order valence-electron chi connectivity index (χ2n) is 6.08. The molecule has 0 aliphatic heterocycles. The maximum Gasteiger partial charge on any atom is 0.253 e. The molecule has 0 unspecified atom stereocenters. The number of benzene rings is 2. The van der Waals surface area contributed by atoms with Crippen molar-refractivity contribution in [2.75, 3.05) is 34.1 Å². The Balaban J connectivity index is 2.13. The van der Waals surface area contributed by atoms with Gasteiger partial charge < -0.3 is 14.4 Å². The molecule has 0 atom stereocenters. The van der Waals surface area contributed by atoms with Crippen molar-refractivity contribution in [3.63, 3.8) is 0 Å². The molecule has 0 bridgehead atoms. The van der Waals surface area contributed by atoms with E-state index in [9.17, 15) is 13.2 Å². The molecule has 0 aromatic heterocycles. The van der Waals surface area contributed by atoms with E-state index in [1.165, 1.54) is 23.1 Å². The molecule has 0 aliphatic carbocycles. The number of hydrogen-bond donors (Lipinski definition) is 0. The van der Waals surface area contributed by atoms with E-state index in [1.54, 1.807) is 21.3 Å². The lowest BCUT2D eigenvalue weighted by atomic mass is 10.1. The van der Waals surface area contributed by atoms with Gasteiger partial charge in [0.15, 0.2) is 21.3 Å². The molecule has 0 heterocycles. The van der Waals surface area contributed by atoms with Crippen LogP contribution in [-0.4, -0.2) is 53.3 Å². The minimum Gasteiger partial charge on any atom is -0.493 e. The fraction of sp³-hybridized carbons (Fsp3) is 0.316. The molecule has 0 saturated carbocycles. The van der Waals surface area contributed by atoms with E-state index < -0.39 is 9.84 Å². The van der Waals surface area contributed by atoms with Gasteiger partial charge in [0.2, 0.25) is 0 Å². The molecule has 8 heteroatoms. The van der Waals surface area contributed by atoms with Gasteiger partial charge in [-0.25, -0.2) is 8.42 Å². The van der Waals surface area contributed by atoms with Crippen LogP contribution in [0.3, 0.4) is 0 Å². The van der Waals surface area contributed by atoms with Crippen LogP contribution in [0.2, 0.25) is 5.02 Å². The fourth-order valence-corrected chi connectivity index (χ4v) is 3.88. The zero-order valence-electron chi connectivity index (χ0n) is 15.7. The summed E-state index contributed by atoms with van der Waals surface area (Å²) in [4.78, 5) is 14.1. The first-order valence-corrected chi connectivity index (χ1v) is 10.4. The number of sulfone groups is 1. The highest BCUT2D eigenvalue weighted by Gasteiger charge is 2.18. The fourth-order valence-electron chi connectivity index (χ4n) is 2.58. The van der Waals surface area contributed by atoms with Gasteiger partial charge in [0, 0.05) is 25.4 Å². The molecule has 2 rings (SSSR count). The van der Waals surface area contributed by atoms with Gasteiger partial charge in [-0.2, -0.15) is 0 Å². The molecule has 0 aliphatic rings. The van der Waals surface area contributed by atoms with Crippen molar-refractivity contribution in [2.45, 2.75) is 11.3 Å². The monoisotopic (exact) mass is 411 g/mol. The molecule has 2 aromatic rings. The summed E-state index contributed by atoms with van der Waals surface area (Å²) >= 11 is 5.93. The zero-order chi connectivity index (χ0) is 20.2. The SMILES string of the molecule is COc1ccc(CCN(C)C(=O)c2ccc(Cl)c(S(C)(=O)=O)c2)cc1OC. The summed E-state index contributed by atoms with van der Waals surface area (Å²) in [6, 6.07) is 9.84. The summed E-state index contributed by atoms with van der Waals surface area (Å²) in [5, 5.41) is 0.0991. The topological polar surface area (TPSA) is 72.9 Å². The lowest BCUT2D eigenvalue weighted by Crippen LogP contribution is -2.29. The van der Waals surface area contributed by atoms with Crippen molar-refractivity contribution in [3.05, 3.63) is 52.5 Å². The quantitative estimate of drug-likeness (QED) is 0.700. The van der Waals surface area contributed by atoms with Gasteiger partial charge in [-0.3, -0.25) is 4.79 Å². The summed E-state index contributed by atoms with van der Waals surface area (Å²) in [6.07, 6.45) is 1.67. The average Bonchev–Trinajstić information content (AvgIpc) is 2.64. The van der Waals surface area contributed by atoms with Crippen molar-refractivity contribution in [2.24, 2.45) is 0 Å². The third-order valence-corrected chi connectivity index (χ3v) is 5.69. The van der Waals surface area contributed by atoms with E-state index in [-0.39, 0.29) is 21.4 Å². The first kappa shape index (κ1) is 21.1. The highest BCUT2D eigenvalue weighted by Crippen LogP contribution is 2.28. The lowest BCUT2D eigenvalue weighted by Gasteiger charge is -2.18. The van der Waals surface area contributed by atoms with Crippen molar-refractivity contribution in [1.29, 1.82) is 0 Å². The van der Waals surface area contributed by atoms with Gasteiger partial charge >= 0.3 is 0 Å². The van der Waals surface area contributed by atoms with Crippen molar-refractivity contribution in [1.82, 2.24) is 4.90 Å². The van der Waals surface area contributed by atoms with Crippen LogP contribution in [0.5, 0.6) is 11.5 Å². The summed E-state index contributed by atoms with van der Waals surface area (Å²) in [7, 11) is 1.29. The molecular formula is C19H22ClNO5S. The average molecular weight is 412 g/mol. The predicted molar refractivity (Wildman–Crippen MR) is 105 cm³/mol. The number of ether oxygens (including phenoxy) is 2. The first-order valence-electron chi connectivity index (χ1n) is 8.13. The summed E-state index contributed by atoms with van der Waals surface area (Å²) < 4.78 is 34.1. The molecule has 1 amide bonds. The van der Waals surface area contributed by atoms with Gasteiger partial charge in [-0.05, 0) is 42.3 Å². The number of rotatable bonds is 7. The van der Waals surface area contributed by atoms with E-state index in [0.717, 1.165) is 11.8 Å². The second-order valence-corrected chi connectivity index (χ2v) is 8.47. The summed E-state index contributed by atoms with van der Waals surface area (Å²) in [6.45, 7) is 0.450. The number of methoxy groups -OCH3 is 2. The Morgan fingerprint density at radius 2 is 1.74 bits per heavy atom. The summed E-state index contributed by atoms with van der Waals surface area (Å²) in [5.74, 6) is 0.983. The minimum absolute atomic E-state index is 0.0525. The van der Waals surface area contributed by atoms with Crippen molar-refractivity contribution < 1.29 is 22.7 Å². The first-order chi connectivity index (χ1) is 12.7. The van der Waals surface area contributed by atoms with E-state index in [2.05, 4.69) is 0 Å². The van der Waals surface area contributed by atoms with Crippen LogP contribution in [0.1, 0.15) is 15.9 Å². The highest BCUT2D eigenvalue weighted by molar-refractivity contribution is 7.90. The molecule has 6 nitrogen and oxygen atoms in total. The van der Waals surface area contributed by atoms with Crippen molar-refractivity contribution in [3.8, 4) is 11.5 Å². The lowest BCUT2D eigenvalue weighted by molar-refractivity contribution is 0.0796. The van der Waals surface area contributed by atoms with Gasteiger partial charge in [0.05, 0.1) is 24.1 Å². The molecular weight excluding hydrogens is 390 g/mol. The van der Waals surface area contributed by atoms with Gasteiger partial charge in [0.1, 0.15) is 0 Å². The largest absolute Gasteiger partial charge is 0.493 e. The predicted octanol–water partition coefficient (Wildman–Crippen LogP) is 3.08. The van der Waals surface area contributed by atoms with Crippen LogP contribution in [0.15, 0.2) is 41.3 Å². The smallest absolute Gasteiger partial charge is 0.253 e. The number of amides is 1. The van der Waals surface area contributed by atoms with Crippen LogP contribution in [0.4, 0.5) is 0 Å². The highest BCUT2D eigenvalue weighted by atomic mass is 35.5. The number of halogens is 1. The van der Waals surface area contributed by atoms with Crippen LogP contribution < -0.4 is 9.47 Å². The third-order valence-electron chi connectivity index (χ3n) is 4.11. The number of nitrogens with zero attached hydrogens (tertiary/aromatic N) is 1. The molecule has 0 fully saturated rings. The standard InChI is InChI=1S/C19H22ClNO5S/c1-21(10-9-13-5-8-16(25-2)17(11-13)26-3)19(22)14-6-7-15(20)18(12-14)27(4,23)24/h5-8,11-12H,9-10H2,1-4H3. The third kappa shape index (κ3) is 5.14. The van der Waals surface area contributed by atoms with E-state index >= 15 is 0 Å².